The maximum Gasteiger partial charge on any atom is 0.303 e. The highest BCUT2D eigenvalue weighted by Gasteiger charge is 2.39. The minimum Gasteiger partial charge on any atom is -0.481 e. The topological polar surface area (TPSA) is 66.4 Å². The van der Waals surface area contributed by atoms with Crippen molar-refractivity contribution in [3.63, 3.8) is 0 Å². The summed E-state index contributed by atoms with van der Waals surface area (Å²) < 4.78 is 0. The SMILES string of the molecule is CCCC(C)C(=O)NCC1(CC(=O)O)CCC1. The number of carbonyl (C=O) groups is 2. The van der Waals surface area contributed by atoms with Gasteiger partial charge in [0.25, 0.3) is 0 Å². The minimum atomic E-state index is -0.763. The Kier molecular flexibility index (Phi) is 4.97. The van der Waals surface area contributed by atoms with Crippen molar-refractivity contribution in [3.05, 3.63) is 0 Å². The van der Waals surface area contributed by atoms with E-state index in [1.807, 2.05) is 6.92 Å². The van der Waals surface area contributed by atoms with Crippen molar-refractivity contribution >= 4 is 11.9 Å². The van der Waals surface area contributed by atoms with Gasteiger partial charge in [-0.25, -0.2) is 0 Å². The molecule has 0 aromatic carbocycles. The highest BCUT2D eigenvalue weighted by atomic mass is 16.4. The molecule has 17 heavy (non-hydrogen) atoms. The van der Waals surface area contributed by atoms with Gasteiger partial charge in [-0.05, 0) is 24.7 Å². The van der Waals surface area contributed by atoms with Crippen LogP contribution in [0.3, 0.4) is 0 Å². The zero-order chi connectivity index (χ0) is 12.9. The quantitative estimate of drug-likeness (QED) is 0.718. The number of nitrogens with one attached hydrogen (secondary N) is 1. The normalized spacial score (nSPS) is 19.2. The lowest BCUT2D eigenvalue weighted by Gasteiger charge is -2.41. The first-order valence-electron chi connectivity index (χ1n) is 6.48. The Bertz CT molecular complexity index is 284. The summed E-state index contributed by atoms with van der Waals surface area (Å²) in [5.74, 6) is -0.675. The van der Waals surface area contributed by atoms with E-state index < -0.39 is 5.97 Å². The molecule has 1 aliphatic rings. The minimum absolute atomic E-state index is 0.0296. The van der Waals surface area contributed by atoms with Gasteiger partial charge in [0.05, 0.1) is 6.42 Å². The molecule has 1 amide bonds. The monoisotopic (exact) mass is 241 g/mol. The molecule has 1 rings (SSSR count). The Morgan fingerprint density at radius 3 is 2.47 bits per heavy atom. The number of hydrogen-bond donors (Lipinski definition) is 2. The Hall–Kier alpha value is -1.06. The number of aliphatic carboxylic acids is 1. The fourth-order valence-corrected chi connectivity index (χ4v) is 2.43. The molecule has 0 aromatic rings. The van der Waals surface area contributed by atoms with Crippen LogP contribution in [0.1, 0.15) is 52.4 Å². The van der Waals surface area contributed by atoms with E-state index in [9.17, 15) is 9.59 Å². The van der Waals surface area contributed by atoms with Gasteiger partial charge in [-0.2, -0.15) is 0 Å². The Balaban J connectivity index is 2.37. The molecule has 98 valence electrons. The number of carboxylic acid groups (broad SMARTS) is 1. The summed E-state index contributed by atoms with van der Waals surface area (Å²) in [6.45, 7) is 4.50. The van der Waals surface area contributed by atoms with E-state index in [1.54, 1.807) is 0 Å². The molecule has 1 unspecified atom stereocenters. The predicted octanol–water partition coefficient (Wildman–Crippen LogP) is 2.18. The van der Waals surface area contributed by atoms with Crippen LogP contribution in [0, 0.1) is 11.3 Å². The van der Waals surface area contributed by atoms with Gasteiger partial charge in [-0.1, -0.05) is 26.7 Å². The molecule has 4 heteroatoms. The van der Waals surface area contributed by atoms with Crippen LogP contribution in [0.15, 0.2) is 0 Å². The average Bonchev–Trinajstić information content (AvgIpc) is 2.21. The van der Waals surface area contributed by atoms with Crippen molar-refractivity contribution in [1.29, 1.82) is 0 Å². The van der Waals surface area contributed by atoms with Gasteiger partial charge in [0.1, 0.15) is 0 Å². The Morgan fingerprint density at radius 1 is 1.41 bits per heavy atom. The predicted molar refractivity (Wildman–Crippen MR) is 65.6 cm³/mol. The number of amides is 1. The molecule has 0 bridgehead atoms. The average molecular weight is 241 g/mol. The smallest absolute Gasteiger partial charge is 0.303 e. The molecule has 1 fully saturated rings. The number of rotatable bonds is 7. The van der Waals surface area contributed by atoms with Crippen molar-refractivity contribution in [2.75, 3.05) is 6.54 Å². The molecular formula is C13H23NO3. The molecule has 0 radical (unpaired) electrons. The molecule has 0 aliphatic heterocycles. The molecule has 0 heterocycles. The van der Waals surface area contributed by atoms with Crippen molar-refractivity contribution in [2.45, 2.75) is 52.4 Å². The Morgan fingerprint density at radius 2 is 2.06 bits per heavy atom. The van der Waals surface area contributed by atoms with E-state index in [0.717, 1.165) is 32.1 Å². The second kappa shape index (κ2) is 6.03. The van der Waals surface area contributed by atoms with E-state index in [-0.39, 0.29) is 23.7 Å². The number of carboxylic acids is 1. The van der Waals surface area contributed by atoms with Crippen molar-refractivity contribution in [2.24, 2.45) is 11.3 Å². The summed E-state index contributed by atoms with van der Waals surface area (Å²) in [7, 11) is 0. The van der Waals surface area contributed by atoms with E-state index in [2.05, 4.69) is 12.2 Å². The van der Waals surface area contributed by atoms with Crippen LogP contribution in [-0.2, 0) is 9.59 Å². The third-order valence-electron chi connectivity index (χ3n) is 3.75. The molecule has 4 nitrogen and oxygen atoms in total. The second-order valence-electron chi connectivity index (χ2n) is 5.33. The lowest BCUT2D eigenvalue weighted by atomic mass is 9.66. The van der Waals surface area contributed by atoms with E-state index in [0.29, 0.717) is 6.54 Å². The first-order valence-corrected chi connectivity index (χ1v) is 6.48. The van der Waals surface area contributed by atoms with Crippen LogP contribution >= 0.6 is 0 Å². The van der Waals surface area contributed by atoms with Crippen molar-refractivity contribution in [3.8, 4) is 0 Å². The van der Waals surface area contributed by atoms with Crippen LogP contribution in [-0.4, -0.2) is 23.5 Å². The van der Waals surface area contributed by atoms with Crippen LogP contribution in [0.2, 0.25) is 0 Å². The number of hydrogen-bond acceptors (Lipinski definition) is 2. The summed E-state index contributed by atoms with van der Waals surface area (Å²) in [5, 5.41) is 11.8. The van der Waals surface area contributed by atoms with Crippen LogP contribution in [0.5, 0.6) is 0 Å². The highest BCUT2D eigenvalue weighted by molar-refractivity contribution is 5.78. The third-order valence-corrected chi connectivity index (χ3v) is 3.75. The summed E-state index contributed by atoms with van der Waals surface area (Å²) in [5.41, 5.74) is -0.173. The standard InChI is InChI=1S/C13H23NO3/c1-3-5-10(2)12(17)14-9-13(6-4-7-13)8-11(15)16/h10H,3-9H2,1-2H3,(H,14,17)(H,15,16). The van der Waals surface area contributed by atoms with Crippen LogP contribution < -0.4 is 5.32 Å². The lowest BCUT2D eigenvalue weighted by molar-refractivity contribution is -0.142. The van der Waals surface area contributed by atoms with Crippen molar-refractivity contribution in [1.82, 2.24) is 5.32 Å². The first kappa shape index (κ1) is 14.0. The third kappa shape index (κ3) is 4.02. The fourth-order valence-electron chi connectivity index (χ4n) is 2.43. The molecular weight excluding hydrogens is 218 g/mol. The first-order chi connectivity index (χ1) is 7.99. The van der Waals surface area contributed by atoms with Gasteiger partial charge in [0.2, 0.25) is 5.91 Å². The maximum atomic E-state index is 11.7. The summed E-state index contributed by atoms with van der Waals surface area (Å²) >= 11 is 0. The Labute approximate surface area is 103 Å². The molecule has 1 atom stereocenters. The van der Waals surface area contributed by atoms with Gasteiger partial charge >= 0.3 is 5.97 Å². The summed E-state index contributed by atoms with van der Waals surface area (Å²) in [4.78, 5) is 22.5. The zero-order valence-electron chi connectivity index (χ0n) is 10.8. The molecule has 0 saturated heterocycles. The van der Waals surface area contributed by atoms with Gasteiger partial charge < -0.3 is 10.4 Å². The van der Waals surface area contributed by atoms with E-state index in [1.165, 1.54) is 0 Å². The summed E-state index contributed by atoms with van der Waals surface area (Å²) in [6, 6.07) is 0. The molecule has 1 saturated carbocycles. The molecule has 0 aromatic heterocycles. The molecule has 1 aliphatic carbocycles. The molecule has 0 spiro atoms. The number of carbonyl (C=O) groups excluding carboxylic acids is 1. The van der Waals surface area contributed by atoms with E-state index >= 15 is 0 Å². The van der Waals surface area contributed by atoms with Crippen molar-refractivity contribution < 1.29 is 14.7 Å². The van der Waals surface area contributed by atoms with Gasteiger partial charge in [-0.15, -0.1) is 0 Å². The van der Waals surface area contributed by atoms with Gasteiger partial charge in [-0.3, -0.25) is 9.59 Å². The van der Waals surface area contributed by atoms with Crippen LogP contribution in [0.25, 0.3) is 0 Å². The molecule has 2 N–H and O–H groups in total. The van der Waals surface area contributed by atoms with Gasteiger partial charge in [0, 0.05) is 12.5 Å². The maximum absolute atomic E-state index is 11.7. The van der Waals surface area contributed by atoms with Gasteiger partial charge in [0.15, 0.2) is 0 Å². The second-order valence-corrected chi connectivity index (χ2v) is 5.33. The fraction of sp³-hybridized carbons (Fsp3) is 0.846. The lowest BCUT2D eigenvalue weighted by Crippen LogP contribution is -2.44. The van der Waals surface area contributed by atoms with Crippen LogP contribution in [0.4, 0.5) is 0 Å². The van der Waals surface area contributed by atoms with E-state index in [4.69, 9.17) is 5.11 Å². The largest absolute Gasteiger partial charge is 0.481 e. The summed E-state index contributed by atoms with van der Waals surface area (Å²) in [6.07, 6.45) is 4.97. The zero-order valence-corrected chi connectivity index (χ0v) is 10.8. The highest BCUT2D eigenvalue weighted by Crippen LogP contribution is 2.43.